The molecule has 1 amide bonds. The second-order valence-electron chi connectivity index (χ2n) is 5.45. The van der Waals surface area contributed by atoms with E-state index in [2.05, 4.69) is 5.32 Å². The van der Waals surface area contributed by atoms with Gasteiger partial charge in [-0.3, -0.25) is 4.79 Å². The molecule has 5 nitrogen and oxygen atoms in total. The molecule has 136 valence electrons. The SMILES string of the molecule is COc1ccc(/C=C/C(=O)Oc2ccc(/C=C3/SC(=S)NC3=O)cc2)cc1. The van der Waals surface area contributed by atoms with E-state index in [0.29, 0.717) is 15.0 Å². The van der Waals surface area contributed by atoms with Crippen molar-refractivity contribution in [2.45, 2.75) is 0 Å². The van der Waals surface area contributed by atoms with E-state index in [1.54, 1.807) is 43.5 Å². The molecule has 0 spiro atoms. The molecule has 7 heteroatoms. The minimum Gasteiger partial charge on any atom is -0.497 e. The number of rotatable bonds is 5. The summed E-state index contributed by atoms with van der Waals surface area (Å²) >= 11 is 6.17. The van der Waals surface area contributed by atoms with Crippen molar-refractivity contribution >= 4 is 52.3 Å². The van der Waals surface area contributed by atoms with Gasteiger partial charge in [0.15, 0.2) is 0 Å². The summed E-state index contributed by atoms with van der Waals surface area (Å²) in [5.74, 6) is 0.484. The fourth-order valence-corrected chi connectivity index (χ4v) is 3.28. The summed E-state index contributed by atoms with van der Waals surface area (Å²) in [5.41, 5.74) is 1.67. The van der Waals surface area contributed by atoms with Gasteiger partial charge in [0.25, 0.3) is 5.91 Å². The van der Waals surface area contributed by atoms with E-state index in [9.17, 15) is 9.59 Å². The standard InChI is InChI=1S/C20H15NO4S2/c1-24-15-7-2-13(3-8-15)6-11-18(22)25-16-9-4-14(5-10-16)12-17-19(23)21-20(26)27-17/h2-12H,1H3,(H,21,23,26)/b11-6+,17-12+. The Labute approximate surface area is 166 Å². The highest BCUT2D eigenvalue weighted by Gasteiger charge is 2.21. The number of methoxy groups -OCH3 is 1. The van der Waals surface area contributed by atoms with Gasteiger partial charge in [0.05, 0.1) is 12.0 Å². The van der Waals surface area contributed by atoms with Crippen molar-refractivity contribution in [1.82, 2.24) is 5.32 Å². The van der Waals surface area contributed by atoms with Gasteiger partial charge in [-0.1, -0.05) is 48.2 Å². The van der Waals surface area contributed by atoms with E-state index < -0.39 is 5.97 Å². The summed E-state index contributed by atoms with van der Waals surface area (Å²) in [6, 6.07) is 14.2. The second kappa shape index (κ2) is 8.66. The molecule has 0 aliphatic carbocycles. The van der Waals surface area contributed by atoms with Crippen LogP contribution in [0.5, 0.6) is 11.5 Å². The average Bonchev–Trinajstić information content (AvgIpc) is 2.99. The minimum atomic E-state index is -0.479. The van der Waals surface area contributed by atoms with Crippen molar-refractivity contribution in [1.29, 1.82) is 0 Å². The van der Waals surface area contributed by atoms with Crippen molar-refractivity contribution in [3.8, 4) is 11.5 Å². The maximum absolute atomic E-state index is 11.9. The number of carbonyl (C=O) groups excluding carboxylic acids is 2. The average molecular weight is 397 g/mol. The lowest BCUT2D eigenvalue weighted by Gasteiger charge is -2.02. The molecule has 1 heterocycles. The Morgan fingerprint density at radius 1 is 1.04 bits per heavy atom. The molecule has 1 aliphatic heterocycles. The monoisotopic (exact) mass is 397 g/mol. The molecule has 3 rings (SSSR count). The first kappa shape index (κ1) is 18.9. The molecule has 1 fully saturated rings. The Morgan fingerprint density at radius 3 is 2.26 bits per heavy atom. The first-order valence-corrected chi connectivity index (χ1v) is 9.15. The molecule has 0 radical (unpaired) electrons. The third-order valence-electron chi connectivity index (χ3n) is 3.57. The minimum absolute atomic E-state index is 0.204. The molecule has 0 atom stereocenters. The van der Waals surface area contributed by atoms with Gasteiger partial charge in [-0.05, 0) is 47.5 Å². The van der Waals surface area contributed by atoms with E-state index in [1.807, 2.05) is 24.3 Å². The predicted molar refractivity (Wildman–Crippen MR) is 110 cm³/mol. The number of thioether (sulfide) groups is 1. The Balaban J connectivity index is 1.59. The molecule has 0 aromatic heterocycles. The van der Waals surface area contributed by atoms with Gasteiger partial charge in [-0.2, -0.15) is 0 Å². The van der Waals surface area contributed by atoms with Gasteiger partial charge in [-0.15, -0.1) is 0 Å². The number of carbonyl (C=O) groups is 2. The molecular formula is C20H15NO4S2. The zero-order valence-corrected chi connectivity index (χ0v) is 15.9. The number of hydrogen-bond acceptors (Lipinski definition) is 6. The number of nitrogens with one attached hydrogen (secondary N) is 1. The number of amides is 1. The molecule has 0 bridgehead atoms. The topological polar surface area (TPSA) is 64.6 Å². The third-order valence-corrected chi connectivity index (χ3v) is 4.73. The van der Waals surface area contributed by atoms with Gasteiger partial charge < -0.3 is 14.8 Å². The fourth-order valence-electron chi connectivity index (χ4n) is 2.23. The van der Waals surface area contributed by atoms with Gasteiger partial charge in [0.1, 0.15) is 15.8 Å². The summed E-state index contributed by atoms with van der Waals surface area (Å²) in [6.07, 6.45) is 4.76. The Kier molecular flexibility index (Phi) is 6.05. The summed E-state index contributed by atoms with van der Waals surface area (Å²) in [6.45, 7) is 0. The molecule has 2 aromatic rings. The maximum Gasteiger partial charge on any atom is 0.336 e. The lowest BCUT2D eigenvalue weighted by atomic mass is 10.2. The Morgan fingerprint density at radius 2 is 1.67 bits per heavy atom. The highest BCUT2D eigenvalue weighted by molar-refractivity contribution is 8.26. The van der Waals surface area contributed by atoms with E-state index in [0.717, 1.165) is 16.9 Å². The van der Waals surface area contributed by atoms with Crippen LogP contribution in [0.1, 0.15) is 11.1 Å². The summed E-state index contributed by atoms with van der Waals surface area (Å²) in [4.78, 5) is 24.1. The summed E-state index contributed by atoms with van der Waals surface area (Å²) < 4.78 is 10.8. The Bertz CT molecular complexity index is 931. The molecular weight excluding hydrogens is 382 g/mol. The van der Waals surface area contributed by atoms with Gasteiger partial charge >= 0.3 is 5.97 Å². The molecule has 1 N–H and O–H groups in total. The largest absolute Gasteiger partial charge is 0.497 e. The maximum atomic E-state index is 11.9. The van der Waals surface area contributed by atoms with E-state index in [-0.39, 0.29) is 5.91 Å². The molecule has 1 saturated heterocycles. The van der Waals surface area contributed by atoms with Crippen molar-refractivity contribution in [2.75, 3.05) is 7.11 Å². The lowest BCUT2D eigenvalue weighted by molar-refractivity contribution is -0.128. The van der Waals surface area contributed by atoms with Crippen molar-refractivity contribution < 1.29 is 19.1 Å². The van der Waals surface area contributed by atoms with E-state index in [4.69, 9.17) is 21.7 Å². The van der Waals surface area contributed by atoms with Crippen LogP contribution in [0.25, 0.3) is 12.2 Å². The first-order valence-electron chi connectivity index (χ1n) is 7.92. The van der Waals surface area contributed by atoms with Crippen LogP contribution in [-0.2, 0) is 9.59 Å². The van der Waals surface area contributed by atoms with E-state index in [1.165, 1.54) is 17.8 Å². The molecule has 27 heavy (non-hydrogen) atoms. The fraction of sp³-hybridized carbons (Fsp3) is 0.0500. The van der Waals surface area contributed by atoms with Crippen LogP contribution in [0.15, 0.2) is 59.5 Å². The number of esters is 1. The van der Waals surface area contributed by atoms with Crippen LogP contribution in [0.4, 0.5) is 0 Å². The highest BCUT2D eigenvalue weighted by atomic mass is 32.2. The zero-order valence-electron chi connectivity index (χ0n) is 14.3. The van der Waals surface area contributed by atoms with Gasteiger partial charge in [0, 0.05) is 6.08 Å². The van der Waals surface area contributed by atoms with Crippen LogP contribution in [0.3, 0.4) is 0 Å². The predicted octanol–water partition coefficient (Wildman–Crippen LogP) is 3.80. The van der Waals surface area contributed by atoms with Crippen molar-refractivity contribution in [2.24, 2.45) is 0 Å². The quantitative estimate of drug-likeness (QED) is 0.358. The first-order chi connectivity index (χ1) is 13.0. The van der Waals surface area contributed by atoms with Crippen LogP contribution in [0.2, 0.25) is 0 Å². The molecule has 2 aromatic carbocycles. The zero-order chi connectivity index (χ0) is 19.2. The number of hydrogen-bond donors (Lipinski definition) is 1. The third kappa shape index (κ3) is 5.29. The highest BCUT2D eigenvalue weighted by Crippen LogP contribution is 2.26. The van der Waals surface area contributed by atoms with Crippen molar-refractivity contribution in [3.63, 3.8) is 0 Å². The van der Waals surface area contributed by atoms with Crippen molar-refractivity contribution in [3.05, 3.63) is 70.6 Å². The van der Waals surface area contributed by atoms with Crippen LogP contribution >= 0.6 is 24.0 Å². The second-order valence-corrected chi connectivity index (χ2v) is 7.17. The summed E-state index contributed by atoms with van der Waals surface area (Å²) in [5, 5.41) is 2.56. The number of benzene rings is 2. The van der Waals surface area contributed by atoms with Crippen LogP contribution < -0.4 is 14.8 Å². The molecule has 1 aliphatic rings. The molecule has 0 unspecified atom stereocenters. The lowest BCUT2D eigenvalue weighted by Crippen LogP contribution is -2.17. The van der Waals surface area contributed by atoms with Crippen LogP contribution in [0, 0.1) is 0 Å². The smallest absolute Gasteiger partial charge is 0.336 e. The number of ether oxygens (including phenoxy) is 2. The van der Waals surface area contributed by atoms with Crippen LogP contribution in [-0.4, -0.2) is 23.3 Å². The Hall–Kier alpha value is -2.90. The van der Waals surface area contributed by atoms with Gasteiger partial charge in [-0.25, -0.2) is 4.79 Å². The number of thiocarbonyl (C=S) groups is 1. The molecule has 0 saturated carbocycles. The normalized spacial score (nSPS) is 15.2. The summed E-state index contributed by atoms with van der Waals surface area (Å²) in [7, 11) is 1.60. The van der Waals surface area contributed by atoms with E-state index >= 15 is 0 Å². The van der Waals surface area contributed by atoms with Gasteiger partial charge in [0.2, 0.25) is 0 Å².